The standard InChI is InChI=1S/C15H21N3O2/c1-11(19)17-13-6-8-18(9-7-13)15(20)10-12-4-2-3-5-14(12)16/h2-5,13H,6-10,16H2,1H3,(H,17,19). The Labute approximate surface area is 119 Å². The quantitative estimate of drug-likeness (QED) is 0.806. The molecule has 1 heterocycles. The molecule has 0 atom stereocenters. The summed E-state index contributed by atoms with van der Waals surface area (Å²) in [6.07, 6.45) is 1.97. The molecule has 108 valence electrons. The molecule has 3 N–H and O–H groups in total. The molecule has 1 aliphatic rings. The van der Waals surface area contributed by atoms with Crippen molar-refractivity contribution in [1.29, 1.82) is 0 Å². The number of piperidine rings is 1. The van der Waals surface area contributed by atoms with E-state index in [2.05, 4.69) is 5.32 Å². The number of nitrogens with one attached hydrogen (secondary N) is 1. The lowest BCUT2D eigenvalue weighted by molar-refractivity contribution is -0.131. The summed E-state index contributed by atoms with van der Waals surface area (Å²) in [6.45, 7) is 2.91. The number of nitrogens with two attached hydrogens (primary N) is 1. The van der Waals surface area contributed by atoms with Crippen LogP contribution in [0.3, 0.4) is 0 Å². The molecule has 0 unspecified atom stereocenters. The van der Waals surface area contributed by atoms with Crippen LogP contribution in [0, 0.1) is 0 Å². The van der Waals surface area contributed by atoms with Crippen LogP contribution in [0.1, 0.15) is 25.3 Å². The van der Waals surface area contributed by atoms with Crippen molar-refractivity contribution in [1.82, 2.24) is 10.2 Å². The minimum Gasteiger partial charge on any atom is -0.398 e. The average molecular weight is 275 g/mol. The van der Waals surface area contributed by atoms with Crippen LogP contribution >= 0.6 is 0 Å². The third-order valence-electron chi connectivity index (χ3n) is 3.65. The van der Waals surface area contributed by atoms with Gasteiger partial charge in [0.2, 0.25) is 11.8 Å². The van der Waals surface area contributed by atoms with Gasteiger partial charge < -0.3 is 16.0 Å². The van der Waals surface area contributed by atoms with Gasteiger partial charge in [-0.15, -0.1) is 0 Å². The third-order valence-corrected chi connectivity index (χ3v) is 3.65. The Morgan fingerprint density at radius 2 is 1.95 bits per heavy atom. The number of benzene rings is 1. The molecule has 0 saturated carbocycles. The first-order valence-corrected chi connectivity index (χ1v) is 6.94. The molecule has 0 spiro atoms. The van der Waals surface area contributed by atoms with Crippen molar-refractivity contribution in [2.45, 2.75) is 32.2 Å². The zero-order chi connectivity index (χ0) is 14.5. The lowest BCUT2D eigenvalue weighted by atomic mass is 10.0. The van der Waals surface area contributed by atoms with E-state index in [9.17, 15) is 9.59 Å². The minimum absolute atomic E-state index is 0.00756. The van der Waals surface area contributed by atoms with Crippen LogP contribution in [0.4, 0.5) is 5.69 Å². The fraction of sp³-hybridized carbons (Fsp3) is 0.467. The molecule has 1 aromatic carbocycles. The van der Waals surface area contributed by atoms with Crippen LogP contribution in [0.5, 0.6) is 0 Å². The Kier molecular flexibility index (Phi) is 4.61. The summed E-state index contributed by atoms with van der Waals surface area (Å²) in [7, 11) is 0. The summed E-state index contributed by atoms with van der Waals surface area (Å²) < 4.78 is 0. The lowest BCUT2D eigenvalue weighted by Crippen LogP contribution is -2.46. The molecule has 0 radical (unpaired) electrons. The van der Waals surface area contributed by atoms with E-state index in [1.807, 2.05) is 29.2 Å². The first-order valence-electron chi connectivity index (χ1n) is 6.94. The summed E-state index contributed by atoms with van der Waals surface area (Å²) >= 11 is 0. The molecule has 20 heavy (non-hydrogen) atoms. The smallest absolute Gasteiger partial charge is 0.227 e. The molecule has 2 rings (SSSR count). The predicted octanol–water partition coefficient (Wildman–Crippen LogP) is 0.938. The average Bonchev–Trinajstić information content (AvgIpc) is 2.41. The van der Waals surface area contributed by atoms with Gasteiger partial charge in [-0.2, -0.15) is 0 Å². The molecule has 0 aliphatic carbocycles. The molecule has 1 aliphatic heterocycles. The number of likely N-dealkylation sites (tertiary alicyclic amines) is 1. The van der Waals surface area contributed by atoms with Crippen LogP contribution in [0.2, 0.25) is 0 Å². The Morgan fingerprint density at radius 1 is 1.30 bits per heavy atom. The number of nitrogens with zero attached hydrogens (tertiary/aromatic N) is 1. The second-order valence-corrected chi connectivity index (χ2v) is 5.23. The van der Waals surface area contributed by atoms with E-state index in [0.29, 0.717) is 25.2 Å². The molecular weight excluding hydrogens is 254 g/mol. The summed E-state index contributed by atoms with van der Waals surface area (Å²) in [4.78, 5) is 25.1. The van der Waals surface area contributed by atoms with Crippen molar-refractivity contribution < 1.29 is 9.59 Å². The van der Waals surface area contributed by atoms with E-state index in [0.717, 1.165) is 18.4 Å². The fourth-order valence-electron chi connectivity index (χ4n) is 2.53. The Balaban J connectivity index is 1.86. The van der Waals surface area contributed by atoms with Gasteiger partial charge in [0, 0.05) is 31.7 Å². The maximum atomic E-state index is 12.2. The summed E-state index contributed by atoms with van der Waals surface area (Å²) in [6, 6.07) is 7.64. The number of carbonyl (C=O) groups is 2. The predicted molar refractivity (Wildman–Crippen MR) is 78.0 cm³/mol. The van der Waals surface area contributed by atoms with Gasteiger partial charge in [-0.1, -0.05) is 18.2 Å². The highest BCUT2D eigenvalue weighted by Gasteiger charge is 2.23. The number of hydrogen-bond donors (Lipinski definition) is 2. The topological polar surface area (TPSA) is 75.4 Å². The third kappa shape index (κ3) is 3.73. The summed E-state index contributed by atoms with van der Waals surface area (Å²) in [5.41, 5.74) is 7.39. The number of para-hydroxylation sites is 1. The fourth-order valence-corrected chi connectivity index (χ4v) is 2.53. The van der Waals surface area contributed by atoms with Crippen LogP contribution < -0.4 is 11.1 Å². The highest BCUT2D eigenvalue weighted by Crippen LogP contribution is 2.15. The number of carbonyl (C=O) groups excluding carboxylic acids is 2. The minimum atomic E-state index is -0.00756. The van der Waals surface area contributed by atoms with E-state index in [-0.39, 0.29) is 17.9 Å². The van der Waals surface area contributed by atoms with E-state index < -0.39 is 0 Å². The van der Waals surface area contributed by atoms with Crippen LogP contribution in [0.15, 0.2) is 24.3 Å². The second-order valence-electron chi connectivity index (χ2n) is 5.23. The van der Waals surface area contributed by atoms with Gasteiger partial charge in [-0.3, -0.25) is 9.59 Å². The normalized spacial score (nSPS) is 15.9. The summed E-state index contributed by atoms with van der Waals surface area (Å²) in [5, 5.41) is 2.90. The largest absolute Gasteiger partial charge is 0.398 e. The van der Waals surface area contributed by atoms with Crippen molar-refractivity contribution in [3.63, 3.8) is 0 Å². The Morgan fingerprint density at radius 3 is 2.55 bits per heavy atom. The zero-order valence-corrected chi connectivity index (χ0v) is 11.8. The van der Waals surface area contributed by atoms with Crippen molar-refractivity contribution >= 4 is 17.5 Å². The zero-order valence-electron chi connectivity index (χ0n) is 11.8. The SMILES string of the molecule is CC(=O)NC1CCN(C(=O)Cc2ccccc2N)CC1. The Bertz CT molecular complexity index is 494. The van der Waals surface area contributed by atoms with Crippen LogP contribution in [0.25, 0.3) is 0 Å². The highest BCUT2D eigenvalue weighted by molar-refractivity contribution is 5.80. The maximum Gasteiger partial charge on any atom is 0.227 e. The van der Waals surface area contributed by atoms with E-state index in [1.54, 1.807) is 0 Å². The van der Waals surface area contributed by atoms with Crippen molar-refractivity contribution in [2.75, 3.05) is 18.8 Å². The van der Waals surface area contributed by atoms with Crippen molar-refractivity contribution in [3.05, 3.63) is 29.8 Å². The van der Waals surface area contributed by atoms with Gasteiger partial charge in [0.15, 0.2) is 0 Å². The molecule has 1 aromatic rings. The van der Waals surface area contributed by atoms with Gasteiger partial charge >= 0.3 is 0 Å². The second kappa shape index (κ2) is 6.41. The number of nitrogen functional groups attached to an aromatic ring is 1. The first kappa shape index (κ1) is 14.4. The molecule has 0 aromatic heterocycles. The molecule has 5 nitrogen and oxygen atoms in total. The molecule has 1 fully saturated rings. The first-order chi connectivity index (χ1) is 9.56. The molecule has 0 bridgehead atoms. The lowest BCUT2D eigenvalue weighted by Gasteiger charge is -2.32. The molecular formula is C15H21N3O2. The van der Waals surface area contributed by atoms with Gasteiger partial charge in [0.25, 0.3) is 0 Å². The maximum absolute atomic E-state index is 12.2. The van der Waals surface area contributed by atoms with Crippen LogP contribution in [-0.2, 0) is 16.0 Å². The van der Waals surface area contributed by atoms with Gasteiger partial charge in [-0.25, -0.2) is 0 Å². The Hall–Kier alpha value is -2.04. The van der Waals surface area contributed by atoms with Gasteiger partial charge in [-0.05, 0) is 24.5 Å². The van der Waals surface area contributed by atoms with Crippen molar-refractivity contribution in [2.24, 2.45) is 0 Å². The molecule has 2 amide bonds. The van der Waals surface area contributed by atoms with E-state index in [4.69, 9.17) is 5.73 Å². The van der Waals surface area contributed by atoms with Crippen molar-refractivity contribution in [3.8, 4) is 0 Å². The molecule has 1 saturated heterocycles. The molecule has 5 heteroatoms. The number of amides is 2. The highest BCUT2D eigenvalue weighted by atomic mass is 16.2. The number of hydrogen-bond acceptors (Lipinski definition) is 3. The monoisotopic (exact) mass is 275 g/mol. The van der Waals surface area contributed by atoms with Crippen LogP contribution in [-0.4, -0.2) is 35.8 Å². The number of rotatable bonds is 3. The number of anilines is 1. The van der Waals surface area contributed by atoms with E-state index in [1.165, 1.54) is 6.92 Å². The van der Waals surface area contributed by atoms with Gasteiger partial charge in [0.05, 0.1) is 6.42 Å². The van der Waals surface area contributed by atoms with E-state index >= 15 is 0 Å². The van der Waals surface area contributed by atoms with Gasteiger partial charge in [0.1, 0.15) is 0 Å². The summed E-state index contributed by atoms with van der Waals surface area (Å²) in [5.74, 6) is 0.0935.